The van der Waals surface area contributed by atoms with Crippen LogP contribution >= 0.6 is 0 Å². The summed E-state index contributed by atoms with van der Waals surface area (Å²) < 4.78 is 5.20. The van der Waals surface area contributed by atoms with Gasteiger partial charge in [0, 0.05) is 30.8 Å². The fourth-order valence-corrected chi connectivity index (χ4v) is 4.02. The highest BCUT2D eigenvalue weighted by atomic mass is 16.5. The molecule has 2 atom stereocenters. The Bertz CT molecular complexity index is 855. The summed E-state index contributed by atoms with van der Waals surface area (Å²) in [5, 5.41) is 3.84. The maximum atomic E-state index is 13.1. The molecule has 1 aromatic heterocycles. The van der Waals surface area contributed by atoms with Gasteiger partial charge in [0.1, 0.15) is 0 Å². The molecule has 0 unspecified atom stereocenters. The van der Waals surface area contributed by atoms with Crippen LogP contribution in [0, 0.1) is 6.92 Å². The lowest BCUT2D eigenvalue weighted by molar-refractivity contribution is -0.132. The summed E-state index contributed by atoms with van der Waals surface area (Å²) in [6.45, 7) is 5.46. The molecule has 0 saturated heterocycles. The number of aryl methyl sites for hydroxylation is 1. The van der Waals surface area contributed by atoms with Crippen LogP contribution in [0.25, 0.3) is 0 Å². The molecule has 26 heavy (non-hydrogen) atoms. The molecular formula is C20H23N3O3. The molecule has 2 aliphatic rings. The minimum Gasteiger partial charge on any atom is -0.351 e. The first kappa shape index (κ1) is 16.8. The Balaban J connectivity index is 1.75. The first-order valence-corrected chi connectivity index (χ1v) is 9.12. The average molecular weight is 353 g/mol. The van der Waals surface area contributed by atoms with E-state index in [0.717, 1.165) is 24.1 Å². The molecule has 2 aromatic rings. The summed E-state index contributed by atoms with van der Waals surface area (Å²) in [5.74, 6) is 0.156. The summed E-state index contributed by atoms with van der Waals surface area (Å²) >= 11 is 0. The van der Waals surface area contributed by atoms with Gasteiger partial charge in [-0.25, -0.2) is 0 Å². The van der Waals surface area contributed by atoms with Gasteiger partial charge in [-0.05, 0) is 44.7 Å². The number of aromatic nitrogens is 1. The number of carbonyl (C=O) groups excluding carboxylic acids is 2. The number of hydrogen-bond acceptors (Lipinski definition) is 4. The molecule has 1 fully saturated rings. The zero-order valence-corrected chi connectivity index (χ0v) is 15.3. The lowest BCUT2D eigenvalue weighted by atomic mass is 9.90. The second-order valence-corrected chi connectivity index (χ2v) is 7.32. The Morgan fingerprint density at radius 3 is 2.62 bits per heavy atom. The number of benzene rings is 1. The van der Waals surface area contributed by atoms with Crippen molar-refractivity contribution >= 4 is 17.5 Å². The van der Waals surface area contributed by atoms with E-state index in [9.17, 15) is 9.59 Å². The quantitative estimate of drug-likeness (QED) is 0.847. The third kappa shape index (κ3) is 2.79. The fraction of sp³-hybridized carbons (Fsp3) is 0.450. The van der Waals surface area contributed by atoms with Gasteiger partial charge in [0.15, 0.2) is 0 Å². The van der Waals surface area contributed by atoms with Crippen molar-refractivity contribution in [2.45, 2.75) is 58.2 Å². The van der Waals surface area contributed by atoms with Gasteiger partial charge in [-0.3, -0.25) is 9.59 Å². The van der Waals surface area contributed by atoms with Gasteiger partial charge in [0.25, 0.3) is 5.91 Å². The average Bonchev–Trinajstić information content (AvgIpc) is 3.33. The Morgan fingerprint density at radius 2 is 2.00 bits per heavy atom. The van der Waals surface area contributed by atoms with Crippen molar-refractivity contribution in [2.75, 3.05) is 4.90 Å². The van der Waals surface area contributed by atoms with Gasteiger partial charge >= 0.3 is 0 Å². The molecule has 6 nitrogen and oxygen atoms in total. The molecular weight excluding hydrogens is 330 g/mol. The van der Waals surface area contributed by atoms with Crippen LogP contribution < -0.4 is 4.90 Å². The molecule has 6 heteroatoms. The number of anilines is 1. The SMILES string of the molecule is CC(=O)N(C1CC1)[C@@H]1C[C@H](C)N(C(=O)c2cc(C)no2)c2ccccc21. The largest absolute Gasteiger partial charge is 0.351 e. The van der Waals surface area contributed by atoms with Crippen LogP contribution in [-0.4, -0.2) is 34.0 Å². The van der Waals surface area contributed by atoms with E-state index in [1.54, 1.807) is 24.8 Å². The van der Waals surface area contributed by atoms with Gasteiger partial charge in [0.05, 0.1) is 11.7 Å². The van der Waals surface area contributed by atoms with Crippen LogP contribution in [0.4, 0.5) is 5.69 Å². The third-order valence-electron chi connectivity index (χ3n) is 5.26. The predicted octanol–water partition coefficient (Wildman–Crippen LogP) is 3.47. The molecule has 0 N–H and O–H groups in total. The summed E-state index contributed by atoms with van der Waals surface area (Å²) in [6.07, 6.45) is 2.84. The maximum Gasteiger partial charge on any atom is 0.297 e. The number of rotatable bonds is 3. The van der Waals surface area contributed by atoms with Crippen molar-refractivity contribution in [1.29, 1.82) is 0 Å². The molecule has 1 aliphatic carbocycles. The van der Waals surface area contributed by atoms with E-state index < -0.39 is 0 Å². The van der Waals surface area contributed by atoms with Gasteiger partial charge in [-0.2, -0.15) is 0 Å². The van der Waals surface area contributed by atoms with Crippen LogP contribution in [-0.2, 0) is 4.79 Å². The monoisotopic (exact) mass is 353 g/mol. The first-order valence-electron chi connectivity index (χ1n) is 9.12. The van der Waals surface area contributed by atoms with Crippen LogP contribution in [0.2, 0.25) is 0 Å². The van der Waals surface area contributed by atoms with E-state index in [1.807, 2.05) is 36.1 Å². The molecule has 136 valence electrons. The van der Waals surface area contributed by atoms with Gasteiger partial charge < -0.3 is 14.3 Å². The van der Waals surface area contributed by atoms with E-state index in [-0.39, 0.29) is 29.7 Å². The predicted molar refractivity (Wildman–Crippen MR) is 96.9 cm³/mol. The van der Waals surface area contributed by atoms with Crippen molar-refractivity contribution in [3.63, 3.8) is 0 Å². The first-order chi connectivity index (χ1) is 12.5. The highest BCUT2D eigenvalue weighted by molar-refractivity contribution is 6.05. The van der Waals surface area contributed by atoms with Gasteiger partial charge in [-0.15, -0.1) is 0 Å². The van der Waals surface area contributed by atoms with E-state index in [1.165, 1.54) is 0 Å². The Labute approximate surface area is 152 Å². The van der Waals surface area contributed by atoms with Crippen LogP contribution in [0.15, 0.2) is 34.9 Å². The number of fused-ring (bicyclic) bond motifs is 1. The summed E-state index contributed by atoms with van der Waals surface area (Å²) in [6, 6.07) is 9.82. The zero-order chi connectivity index (χ0) is 18.4. The minimum atomic E-state index is -0.190. The standard InChI is InChI=1S/C20H23N3O3/c1-12-10-19(26-21-12)20(25)22-13(2)11-18(16-6-4-5-7-17(16)22)23(14(3)24)15-8-9-15/h4-7,10,13,15,18H,8-9,11H2,1-3H3/t13-,18+/m0/s1. The topological polar surface area (TPSA) is 66.7 Å². The van der Waals surface area contributed by atoms with E-state index in [4.69, 9.17) is 4.52 Å². The Morgan fingerprint density at radius 1 is 1.27 bits per heavy atom. The summed E-state index contributed by atoms with van der Waals surface area (Å²) in [4.78, 5) is 29.1. The minimum absolute atomic E-state index is 0.00621. The smallest absolute Gasteiger partial charge is 0.297 e. The molecule has 0 bridgehead atoms. The van der Waals surface area contributed by atoms with Gasteiger partial charge in [0.2, 0.25) is 11.7 Å². The number of para-hydroxylation sites is 1. The lowest BCUT2D eigenvalue weighted by Crippen LogP contribution is -2.47. The molecule has 0 radical (unpaired) electrons. The number of carbonyl (C=O) groups is 2. The molecule has 0 spiro atoms. The van der Waals surface area contributed by atoms with Crippen molar-refractivity contribution in [3.8, 4) is 0 Å². The Hall–Kier alpha value is -2.63. The number of nitrogens with zero attached hydrogens (tertiary/aromatic N) is 3. The van der Waals surface area contributed by atoms with Crippen molar-refractivity contribution in [2.24, 2.45) is 0 Å². The lowest BCUT2D eigenvalue weighted by Gasteiger charge is -2.43. The number of amides is 2. The maximum absolute atomic E-state index is 13.1. The van der Waals surface area contributed by atoms with E-state index >= 15 is 0 Å². The zero-order valence-electron chi connectivity index (χ0n) is 15.3. The molecule has 1 aromatic carbocycles. The molecule has 2 amide bonds. The normalized spacial score (nSPS) is 22.0. The summed E-state index contributed by atoms with van der Waals surface area (Å²) in [7, 11) is 0. The van der Waals surface area contributed by atoms with E-state index in [0.29, 0.717) is 18.2 Å². The number of hydrogen-bond donors (Lipinski definition) is 0. The molecule has 4 rings (SSSR count). The van der Waals surface area contributed by atoms with Crippen LogP contribution in [0.3, 0.4) is 0 Å². The Kier molecular flexibility index (Phi) is 4.05. The molecule has 1 aliphatic heterocycles. The molecule has 2 heterocycles. The highest BCUT2D eigenvalue weighted by Gasteiger charge is 2.42. The third-order valence-corrected chi connectivity index (χ3v) is 5.26. The van der Waals surface area contributed by atoms with Crippen molar-refractivity contribution in [1.82, 2.24) is 10.1 Å². The summed E-state index contributed by atoms with van der Waals surface area (Å²) in [5.41, 5.74) is 2.56. The van der Waals surface area contributed by atoms with Crippen LogP contribution in [0.1, 0.15) is 61.0 Å². The molecule has 1 saturated carbocycles. The van der Waals surface area contributed by atoms with Crippen LogP contribution in [0.5, 0.6) is 0 Å². The second-order valence-electron chi connectivity index (χ2n) is 7.32. The second kappa shape index (κ2) is 6.27. The van der Waals surface area contributed by atoms with Crippen molar-refractivity contribution in [3.05, 3.63) is 47.3 Å². The highest BCUT2D eigenvalue weighted by Crippen LogP contribution is 2.44. The van der Waals surface area contributed by atoms with Crippen molar-refractivity contribution < 1.29 is 14.1 Å². The fourth-order valence-electron chi connectivity index (χ4n) is 4.02. The van der Waals surface area contributed by atoms with Gasteiger partial charge in [-0.1, -0.05) is 23.4 Å². The van der Waals surface area contributed by atoms with E-state index in [2.05, 4.69) is 5.16 Å².